The molecule has 2 aliphatic heterocycles. The summed E-state index contributed by atoms with van der Waals surface area (Å²) < 4.78 is 18.1. The van der Waals surface area contributed by atoms with Gasteiger partial charge in [0.05, 0.1) is 11.2 Å². The van der Waals surface area contributed by atoms with Gasteiger partial charge in [-0.1, -0.05) is 0 Å². The highest BCUT2D eigenvalue weighted by Gasteiger charge is 2.76. The summed E-state index contributed by atoms with van der Waals surface area (Å²) in [6, 6.07) is 0. The predicted octanol–water partition coefficient (Wildman–Crippen LogP) is 4.26. The van der Waals surface area contributed by atoms with E-state index in [0.717, 1.165) is 13.1 Å². The van der Waals surface area contributed by atoms with Gasteiger partial charge in [-0.2, -0.15) is 0 Å². The van der Waals surface area contributed by atoms with E-state index in [1.54, 1.807) is 0 Å². The fourth-order valence-corrected chi connectivity index (χ4v) is 5.43. The van der Waals surface area contributed by atoms with Gasteiger partial charge in [0.15, 0.2) is 0 Å². The zero-order valence-electron chi connectivity index (χ0n) is 17.5. The molecule has 26 heavy (non-hydrogen) atoms. The molecule has 2 saturated heterocycles. The Hall–Kier alpha value is -0.745. The third kappa shape index (κ3) is 2.79. The molecular weight excluding hydrogens is 329 g/mol. The van der Waals surface area contributed by atoms with Crippen LogP contribution in [0.15, 0.2) is 0 Å². The molecule has 0 spiro atoms. The first-order valence-electron chi connectivity index (χ1n) is 10.1. The van der Waals surface area contributed by atoms with Crippen molar-refractivity contribution in [3.8, 4) is 0 Å². The number of hydrogen-bond acceptors (Lipinski definition) is 4. The van der Waals surface area contributed by atoms with E-state index >= 15 is 0 Å². The van der Waals surface area contributed by atoms with Crippen LogP contribution < -0.4 is 0 Å². The molecule has 0 radical (unpaired) electrons. The number of rotatable bonds is 3. The second kappa shape index (κ2) is 5.19. The molecule has 2 bridgehead atoms. The smallest absolute Gasteiger partial charge is 0.444 e. The Morgan fingerprint density at radius 3 is 2.04 bits per heavy atom. The number of nitrogens with zero attached hydrogens (tertiary/aromatic N) is 1. The molecule has 5 nitrogen and oxygen atoms in total. The highest BCUT2D eigenvalue weighted by Crippen LogP contribution is 2.82. The summed E-state index contributed by atoms with van der Waals surface area (Å²) in [5.41, 5.74) is -0.399. The SMILES string of the molecule is CC(C)(C)OC(=O)N1CC(CC23CC(B4OC(C)(C)C(C)(C)O4)(C2)C3)C1. The summed E-state index contributed by atoms with van der Waals surface area (Å²) >= 11 is 0. The van der Waals surface area contributed by atoms with E-state index in [4.69, 9.17) is 14.0 Å². The molecule has 0 aromatic heterocycles. The molecule has 3 saturated carbocycles. The quantitative estimate of drug-likeness (QED) is 0.703. The molecule has 0 aromatic rings. The predicted molar refractivity (Wildman–Crippen MR) is 101 cm³/mol. The van der Waals surface area contributed by atoms with Crippen molar-refractivity contribution < 1.29 is 18.8 Å². The lowest BCUT2D eigenvalue weighted by Crippen LogP contribution is -2.66. The second-order valence-corrected chi connectivity index (χ2v) is 11.4. The van der Waals surface area contributed by atoms with Crippen molar-refractivity contribution >= 4 is 13.2 Å². The van der Waals surface area contributed by atoms with Crippen molar-refractivity contribution in [3.63, 3.8) is 0 Å². The van der Waals surface area contributed by atoms with Crippen molar-refractivity contribution in [3.05, 3.63) is 0 Å². The maximum Gasteiger partial charge on any atom is 0.464 e. The van der Waals surface area contributed by atoms with Crippen molar-refractivity contribution in [2.24, 2.45) is 11.3 Å². The highest BCUT2D eigenvalue weighted by molar-refractivity contribution is 6.51. The minimum absolute atomic E-state index is 0.0472. The summed E-state index contributed by atoms with van der Waals surface area (Å²) in [7, 11) is -0.0472. The molecule has 146 valence electrons. The first kappa shape index (κ1) is 18.6. The Morgan fingerprint density at radius 2 is 1.58 bits per heavy atom. The van der Waals surface area contributed by atoms with Crippen LogP contribution in [0, 0.1) is 11.3 Å². The minimum atomic E-state index is -0.411. The van der Waals surface area contributed by atoms with E-state index in [1.165, 1.54) is 25.7 Å². The van der Waals surface area contributed by atoms with Crippen molar-refractivity contribution in [1.29, 1.82) is 0 Å². The molecular formula is C20H34BNO4. The molecule has 5 rings (SSSR count). The molecule has 0 N–H and O–H groups in total. The molecule has 5 aliphatic rings. The molecule has 3 aliphatic carbocycles. The van der Waals surface area contributed by atoms with Gasteiger partial charge in [0.2, 0.25) is 0 Å². The Balaban J connectivity index is 1.23. The average molecular weight is 363 g/mol. The summed E-state index contributed by atoms with van der Waals surface area (Å²) in [6.45, 7) is 16.0. The molecule has 0 aromatic carbocycles. The van der Waals surface area contributed by atoms with Crippen LogP contribution in [0.4, 0.5) is 4.79 Å². The van der Waals surface area contributed by atoms with E-state index in [2.05, 4.69) is 27.7 Å². The third-order valence-corrected chi connectivity index (χ3v) is 7.26. The van der Waals surface area contributed by atoms with E-state index in [9.17, 15) is 4.79 Å². The Labute approximate surface area is 158 Å². The Morgan fingerprint density at radius 1 is 1.08 bits per heavy atom. The van der Waals surface area contributed by atoms with Gasteiger partial charge in [-0.15, -0.1) is 0 Å². The van der Waals surface area contributed by atoms with Gasteiger partial charge in [0.25, 0.3) is 0 Å². The third-order valence-electron chi connectivity index (χ3n) is 7.26. The number of carbonyl (C=O) groups is 1. The number of hydrogen-bond donors (Lipinski definition) is 0. The van der Waals surface area contributed by atoms with Crippen molar-refractivity contribution in [1.82, 2.24) is 4.90 Å². The van der Waals surface area contributed by atoms with Crippen LogP contribution in [0.25, 0.3) is 0 Å². The average Bonchev–Trinajstić information content (AvgIpc) is 2.49. The standard InChI is InChI=1S/C20H34BNO4/c1-16(2,3)24-15(23)22-9-14(10-22)8-19-11-20(12-19,13-19)21-25-17(4,5)18(6,7)26-21/h14H,8-13H2,1-7H3. The van der Waals surface area contributed by atoms with Gasteiger partial charge in [-0.3, -0.25) is 0 Å². The fourth-order valence-electron chi connectivity index (χ4n) is 5.43. The van der Waals surface area contributed by atoms with Crippen LogP contribution in [0.2, 0.25) is 5.31 Å². The van der Waals surface area contributed by atoms with Gasteiger partial charge in [0, 0.05) is 18.4 Å². The van der Waals surface area contributed by atoms with Crippen LogP contribution in [0.3, 0.4) is 0 Å². The summed E-state index contributed by atoms with van der Waals surface area (Å²) in [6.07, 6.45) is 4.73. The summed E-state index contributed by atoms with van der Waals surface area (Å²) in [4.78, 5) is 13.9. The topological polar surface area (TPSA) is 48.0 Å². The number of amides is 1. The summed E-state index contributed by atoms with van der Waals surface area (Å²) in [5.74, 6) is 0.624. The Kier molecular flexibility index (Phi) is 3.72. The maximum atomic E-state index is 12.1. The van der Waals surface area contributed by atoms with Crippen LogP contribution >= 0.6 is 0 Å². The maximum absolute atomic E-state index is 12.1. The van der Waals surface area contributed by atoms with E-state index in [1.807, 2.05) is 25.7 Å². The lowest BCUT2D eigenvalue weighted by atomic mass is 9.23. The Bertz CT molecular complexity index is 582. The normalized spacial score (nSPS) is 37.7. The zero-order valence-corrected chi connectivity index (χ0v) is 17.5. The zero-order chi connectivity index (χ0) is 19.2. The first-order chi connectivity index (χ1) is 11.8. The molecule has 0 unspecified atom stereocenters. The van der Waals surface area contributed by atoms with Crippen LogP contribution in [0.5, 0.6) is 0 Å². The van der Waals surface area contributed by atoms with E-state index < -0.39 is 5.60 Å². The van der Waals surface area contributed by atoms with Gasteiger partial charge in [-0.25, -0.2) is 4.79 Å². The second-order valence-electron chi connectivity index (χ2n) is 11.4. The first-order valence-corrected chi connectivity index (χ1v) is 10.1. The molecule has 0 atom stereocenters. The van der Waals surface area contributed by atoms with Gasteiger partial charge in [-0.05, 0) is 85.5 Å². The largest absolute Gasteiger partial charge is 0.464 e. The van der Waals surface area contributed by atoms with E-state index in [0.29, 0.717) is 11.3 Å². The molecule has 5 fully saturated rings. The summed E-state index contributed by atoms with van der Waals surface area (Å²) in [5, 5.41) is 0.250. The number of ether oxygens (including phenoxy) is 1. The minimum Gasteiger partial charge on any atom is -0.444 e. The highest BCUT2D eigenvalue weighted by atomic mass is 16.7. The lowest BCUT2D eigenvalue weighted by Gasteiger charge is -2.72. The van der Waals surface area contributed by atoms with E-state index in [-0.39, 0.29) is 29.7 Å². The lowest BCUT2D eigenvalue weighted by molar-refractivity contribution is -0.136. The number of likely N-dealkylation sites (tertiary alicyclic amines) is 1. The molecule has 1 amide bonds. The van der Waals surface area contributed by atoms with Gasteiger partial charge in [0.1, 0.15) is 5.60 Å². The van der Waals surface area contributed by atoms with Gasteiger partial charge < -0.3 is 18.9 Å². The fraction of sp³-hybridized carbons (Fsp3) is 0.950. The monoisotopic (exact) mass is 363 g/mol. The molecule has 2 heterocycles. The van der Waals surface area contributed by atoms with Gasteiger partial charge >= 0.3 is 13.2 Å². The number of carbonyl (C=O) groups excluding carboxylic acids is 1. The van der Waals surface area contributed by atoms with Crippen LogP contribution in [0.1, 0.15) is 74.1 Å². The van der Waals surface area contributed by atoms with Crippen LogP contribution in [-0.2, 0) is 14.0 Å². The van der Waals surface area contributed by atoms with Crippen molar-refractivity contribution in [2.45, 2.75) is 96.3 Å². The van der Waals surface area contributed by atoms with Crippen molar-refractivity contribution in [2.75, 3.05) is 13.1 Å². The van der Waals surface area contributed by atoms with Crippen LogP contribution in [-0.4, -0.2) is 48.0 Å². The molecule has 6 heteroatoms.